The number of benzene rings is 2. The van der Waals surface area contributed by atoms with Crippen molar-refractivity contribution < 1.29 is 14.3 Å². The molecule has 32 heavy (non-hydrogen) atoms. The first-order chi connectivity index (χ1) is 15.7. The Hall–Kier alpha value is -3.12. The summed E-state index contributed by atoms with van der Waals surface area (Å²) in [5.74, 6) is 1.01. The summed E-state index contributed by atoms with van der Waals surface area (Å²) in [5, 5.41) is 4.43. The molecule has 3 heterocycles. The van der Waals surface area contributed by atoms with Gasteiger partial charge >= 0.3 is 0 Å². The maximum atomic E-state index is 12.5. The number of likely N-dealkylation sites (tertiary alicyclic amines) is 1. The average molecular weight is 432 g/mol. The summed E-state index contributed by atoms with van der Waals surface area (Å²) in [4.78, 5) is 19.0. The van der Waals surface area contributed by atoms with Crippen molar-refractivity contribution in [2.45, 2.75) is 37.9 Å². The zero-order valence-corrected chi connectivity index (χ0v) is 18.4. The molecule has 3 aromatic rings. The Bertz CT molecular complexity index is 1090. The SMILES string of the molecule is CNc1c(-c2ccc(OC3CCN(C(=O)[C@H]4CCCO4)CC3)cc2)ccc2cccnc12. The Balaban J connectivity index is 1.23. The minimum absolute atomic E-state index is 0.132. The predicted molar refractivity (Wildman–Crippen MR) is 126 cm³/mol. The van der Waals surface area contributed by atoms with Gasteiger partial charge in [0.05, 0.1) is 11.2 Å². The van der Waals surface area contributed by atoms with E-state index in [1.807, 2.05) is 36.3 Å². The Morgan fingerprint density at radius 1 is 1.09 bits per heavy atom. The Morgan fingerprint density at radius 3 is 2.62 bits per heavy atom. The summed E-state index contributed by atoms with van der Waals surface area (Å²) >= 11 is 0. The van der Waals surface area contributed by atoms with Crippen LogP contribution in [-0.4, -0.2) is 54.7 Å². The van der Waals surface area contributed by atoms with E-state index in [0.29, 0.717) is 6.61 Å². The highest BCUT2D eigenvalue weighted by molar-refractivity contribution is 5.99. The van der Waals surface area contributed by atoms with E-state index in [2.05, 4.69) is 40.6 Å². The van der Waals surface area contributed by atoms with Crippen LogP contribution in [0.5, 0.6) is 5.75 Å². The summed E-state index contributed by atoms with van der Waals surface area (Å²) in [7, 11) is 1.93. The van der Waals surface area contributed by atoms with Crippen LogP contribution in [0.1, 0.15) is 25.7 Å². The second kappa shape index (κ2) is 9.17. The molecule has 6 nitrogen and oxygen atoms in total. The highest BCUT2D eigenvalue weighted by Gasteiger charge is 2.31. The van der Waals surface area contributed by atoms with Gasteiger partial charge in [0.25, 0.3) is 5.91 Å². The van der Waals surface area contributed by atoms with Gasteiger partial charge in [-0.2, -0.15) is 0 Å². The zero-order chi connectivity index (χ0) is 21.9. The number of carbonyl (C=O) groups is 1. The van der Waals surface area contributed by atoms with Crippen LogP contribution in [0.3, 0.4) is 0 Å². The number of hydrogen-bond acceptors (Lipinski definition) is 5. The molecule has 0 radical (unpaired) electrons. The quantitative estimate of drug-likeness (QED) is 0.645. The number of pyridine rings is 1. The highest BCUT2D eigenvalue weighted by Crippen LogP contribution is 2.34. The van der Waals surface area contributed by atoms with Crippen molar-refractivity contribution in [2.75, 3.05) is 32.1 Å². The van der Waals surface area contributed by atoms with Crippen molar-refractivity contribution in [2.24, 2.45) is 0 Å². The molecule has 6 heteroatoms. The lowest BCUT2D eigenvalue weighted by Gasteiger charge is -2.33. The highest BCUT2D eigenvalue weighted by atomic mass is 16.5. The van der Waals surface area contributed by atoms with E-state index in [0.717, 1.165) is 72.2 Å². The molecule has 0 bridgehead atoms. The number of aromatic nitrogens is 1. The summed E-state index contributed by atoms with van der Waals surface area (Å²) in [5.41, 5.74) is 4.23. The second-order valence-corrected chi connectivity index (χ2v) is 8.48. The first kappa shape index (κ1) is 20.8. The third kappa shape index (κ3) is 4.15. The third-order valence-corrected chi connectivity index (χ3v) is 6.45. The molecule has 0 aliphatic carbocycles. The van der Waals surface area contributed by atoms with E-state index in [9.17, 15) is 4.79 Å². The summed E-state index contributed by atoms with van der Waals surface area (Å²) in [6, 6.07) is 16.5. The number of amides is 1. The van der Waals surface area contributed by atoms with Crippen molar-refractivity contribution in [3.8, 4) is 16.9 Å². The molecule has 166 valence electrons. The normalized spacial score (nSPS) is 19.3. The predicted octanol–water partition coefficient (Wildman–Crippen LogP) is 4.49. The lowest BCUT2D eigenvalue weighted by molar-refractivity contribution is -0.142. The van der Waals surface area contributed by atoms with Gasteiger partial charge in [0.15, 0.2) is 0 Å². The molecule has 2 aromatic carbocycles. The van der Waals surface area contributed by atoms with Crippen molar-refractivity contribution in [1.29, 1.82) is 0 Å². The fourth-order valence-electron chi connectivity index (χ4n) is 4.71. The lowest BCUT2D eigenvalue weighted by Crippen LogP contribution is -2.45. The average Bonchev–Trinajstić information content (AvgIpc) is 3.39. The van der Waals surface area contributed by atoms with E-state index < -0.39 is 0 Å². The molecule has 0 saturated carbocycles. The largest absolute Gasteiger partial charge is 0.490 e. The Labute approximate surface area is 188 Å². The van der Waals surface area contributed by atoms with E-state index in [1.165, 1.54) is 0 Å². The number of nitrogens with zero attached hydrogens (tertiary/aromatic N) is 2. The van der Waals surface area contributed by atoms with Gasteiger partial charge in [-0.15, -0.1) is 0 Å². The molecule has 2 fully saturated rings. The minimum Gasteiger partial charge on any atom is -0.490 e. The molecule has 1 aromatic heterocycles. The van der Waals surface area contributed by atoms with Crippen LogP contribution in [0.4, 0.5) is 5.69 Å². The molecular weight excluding hydrogens is 402 g/mol. The van der Waals surface area contributed by atoms with Crippen LogP contribution in [0.15, 0.2) is 54.7 Å². The molecule has 2 aliphatic heterocycles. The molecule has 2 aliphatic rings. The van der Waals surface area contributed by atoms with Crippen molar-refractivity contribution in [3.63, 3.8) is 0 Å². The van der Waals surface area contributed by atoms with Gasteiger partial charge in [-0.1, -0.05) is 30.3 Å². The molecule has 0 unspecified atom stereocenters. The van der Waals surface area contributed by atoms with E-state index in [1.54, 1.807) is 0 Å². The second-order valence-electron chi connectivity index (χ2n) is 8.48. The number of anilines is 1. The van der Waals surface area contributed by atoms with Crippen LogP contribution in [0, 0.1) is 0 Å². The molecule has 0 spiro atoms. The van der Waals surface area contributed by atoms with Crippen LogP contribution < -0.4 is 10.1 Å². The number of fused-ring (bicyclic) bond motifs is 1. The number of piperidine rings is 1. The monoisotopic (exact) mass is 431 g/mol. The number of ether oxygens (including phenoxy) is 2. The fraction of sp³-hybridized carbons (Fsp3) is 0.385. The first-order valence-electron chi connectivity index (χ1n) is 11.5. The maximum Gasteiger partial charge on any atom is 0.251 e. The van der Waals surface area contributed by atoms with Crippen LogP contribution in [0.25, 0.3) is 22.0 Å². The Kier molecular flexibility index (Phi) is 5.95. The van der Waals surface area contributed by atoms with Gasteiger partial charge in [-0.05, 0) is 36.6 Å². The smallest absolute Gasteiger partial charge is 0.251 e. The summed E-state index contributed by atoms with van der Waals surface area (Å²) in [6.45, 7) is 2.17. The maximum absolute atomic E-state index is 12.5. The lowest BCUT2D eigenvalue weighted by atomic mass is 10.0. The standard InChI is InChI=1S/C26H29N3O3/c1-27-25-22(11-8-19-4-2-14-28-24(19)25)18-6-9-20(10-7-18)32-21-12-15-29(16-13-21)26(30)23-5-3-17-31-23/h2,4,6-11,14,21,23,27H,3,5,12-13,15-17H2,1H3/t23-/m1/s1. The van der Waals surface area contributed by atoms with E-state index >= 15 is 0 Å². The summed E-state index contributed by atoms with van der Waals surface area (Å²) in [6.07, 6.45) is 5.26. The third-order valence-electron chi connectivity index (χ3n) is 6.45. The van der Waals surface area contributed by atoms with Gasteiger partial charge < -0.3 is 19.7 Å². The van der Waals surface area contributed by atoms with Gasteiger partial charge in [0, 0.05) is 56.7 Å². The minimum atomic E-state index is -0.229. The summed E-state index contributed by atoms with van der Waals surface area (Å²) < 4.78 is 11.8. The molecule has 1 N–H and O–H groups in total. The molecular formula is C26H29N3O3. The van der Waals surface area contributed by atoms with Gasteiger partial charge in [0.2, 0.25) is 0 Å². The van der Waals surface area contributed by atoms with Crippen LogP contribution in [0.2, 0.25) is 0 Å². The van der Waals surface area contributed by atoms with Crippen LogP contribution >= 0.6 is 0 Å². The molecule has 1 amide bonds. The molecule has 5 rings (SSSR count). The van der Waals surface area contributed by atoms with Crippen molar-refractivity contribution >= 4 is 22.5 Å². The van der Waals surface area contributed by atoms with Crippen molar-refractivity contribution in [3.05, 3.63) is 54.7 Å². The van der Waals surface area contributed by atoms with Crippen molar-refractivity contribution in [1.82, 2.24) is 9.88 Å². The van der Waals surface area contributed by atoms with E-state index in [-0.39, 0.29) is 18.1 Å². The number of rotatable bonds is 5. The van der Waals surface area contributed by atoms with Gasteiger partial charge in [-0.3, -0.25) is 9.78 Å². The first-order valence-corrected chi connectivity index (χ1v) is 11.5. The zero-order valence-electron chi connectivity index (χ0n) is 18.4. The van der Waals surface area contributed by atoms with Crippen LogP contribution in [-0.2, 0) is 9.53 Å². The number of carbonyl (C=O) groups excluding carboxylic acids is 1. The molecule has 1 atom stereocenters. The number of hydrogen-bond donors (Lipinski definition) is 1. The van der Waals surface area contributed by atoms with Gasteiger partial charge in [0.1, 0.15) is 18.0 Å². The topological polar surface area (TPSA) is 63.7 Å². The van der Waals surface area contributed by atoms with Gasteiger partial charge in [-0.25, -0.2) is 0 Å². The molecule has 2 saturated heterocycles. The number of nitrogens with one attached hydrogen (secondary N) is 1. The fourth-order valence-corrected chi connectivity index (χ4v) is 4.71. The Morgan fingerprint density at radius 2 is 1.91 bits per heavy atom. The van der Waals surface area contributed by atoms with E-state index in [4.69, 9.17) is 9.47 Å².